The summed E-state index contributed by atoms with van der Waals surface area (Å²) < 4.78 is 11.9. The standard InChI is InChI=1S/C35H32N4O5S2/c1-21-13-18-27-30(19-21)46-35(38-27)39-32(40)22(2)45-26-16-14-25(15-17-26)36-34(42)28(37-33(41)23-9-6-5-7-10-23)20-24-11-8-12-29(43-3)31(24)44-4/h5-20,22H,1-4H3,(H,36,42)(H,37,41)(H,38,39,40)/b28-20-. The number of nitrogens with one attached hydrogen (secondary N) is 3. The lowest BCUT2D eigenvalue weighted by atomic mass is 10.1. The van der Waals surface area contributed by atoms with Crippen molar-refractivity contribution in [1.82, 2.24) is 10.3 Å². The molecule has 1 aromatic heterocycles. The summed E-state index contributed by atoms with van der Waals surface area (Å²) in [5, 5.41) is 8.66. The lowest BCUT2D eigenvalue weighted by molar-refractivity contribution is -0.115. The van der Waals surface area contributed by atoms with Crippen LogP contribution in [-0.4, -0.2) is 42.2 Å². The number of aromatic nitrogens is 1. The molecule has 46 heavy (non-hydrogen) atoms. The topological polar surface area (TPSA) is 119 Å². The largest absolute Gasteiger partial charge is 0.493 e. The molecule has 0 bridgehead atoms. The maximum absolute atomic E-state index is 13.5. The fourth-order valence-electron chi connectivity index (χ4n) is 4.49. The number of para-hydroxylation sites is 1. The molecule has 0 aliphatic carbocycles. The quantitative estimate of drug-likeness (QED) is 0.102. The van der Waals surface area contributed by atoms with Gasteiger partial charge in [-0.2, -0.15) is 0 Å². The van der Waals surface area contributed by atoms with Gasteiger partial charge in [0.15, 0.2) is 16.6 Å². The second-order valence-corrected chi connectivity index (χ2v) is 12.6. The second-order valence-electron chi connectivity index (χ2n) is 10.2. The number of anilines is 2. The highest BCUT2D eigenvalue weighted by Crippen LogP contribution is 2.33. The number of rotatable bonds is 11. The van der Waals surface area contributed by atoms with Crippen molar-refractivity contribution in [2.24, 2.45) is 0 Å². The lowest BCUT2D eigenvalue weighted by Crippen LogP contribution is -2.30. The number of amides is 3. The Morgan fingerprint density at radius 1 is 0.891 bits per heavy atom. The van der Waals surface area contributed by atoms with Gasteiger partial charge in [-0.25, -0.2) is 4.98 Å². The smallest absolute Gasteiger partial charge is 0.272 e. The molecule has 11 heteroatoms. The van der Waals surface area contributed by atoms with Crippen molar-refractivity contribution >= 4 is 67.9 Å². The van der Waals surface area contributed by atoms with Crippen molar-refractivity contribution < 1.29 is 23.9 Å². The van der Waals surface area contributed by atoms with E-state index in [-0.39, 0.29) is 11.6 Å². The Labute approximate surface area is 275 Å². The number of thioether (sulfide) groups is 1. The highest BCUT2D eigenvalue weighted by Gasteiger charge is 2.19. The first-order chi connectivity index (χ1) is 22.2. The molecule has 1 heterocycles. The van der Waals surface area contributed by atoms with Crippen LogP contribution in [-0.2, 0) is 9.59 Å². The summed E-state index contributed by atoms with van der Waals surface area (Å²) in [5.74, 6) is -0.231. The van der Waals surface area contributed by atoms with E-state index in [0.29, 0.717) is 33.4 Å². The van der Waals surface area contributed by atoms with E-state index in [2.05, 4.69) is 20.9 Å². The van der Waals surface area contributed by atoms with Crippen molar-refractivity contribution in [2.75, 3.05) is 24.9 Å². The third-order valence-corrected chi connectivity index (χ3v) is 8.88. The number of carbonyl (C=O) groups is 3. The number of aryl methyl sites for hydroxylation is 1. The van der Waals surface area contributed by atoms with Gasteiger partial charge in [0.1, 0.15) is 5.70 Å². The summed E-state index contributed by atoms with van der Waals surface area (Å²) in [5.41, 5.74) is 3.45. The van der Waals surface area contributed by atoms with Crippen LogP contribution in [0.3, 0.4) is 0 Å². The summed E-state index contributed by atoms with van der Waals surface area (Å²) >= 11 is 2.83. The minimum Gasteiger partial charge on any atom is -0.493 e. The first-order valence-electron chi connectivity index (χ1n) is 14.3. The Hall–Kier alpha value is -5.13. The molecule has 3 amide bonds. The third-order valence-electron chi connectivity index (χ3n) is 6.83. The molecule has 0 radical (unpaired) electrons. The monoisotopic (exact) mass is 652 g/mol. The van der Waals surface area contributed by atoms with Crippen LogP contribution in [0.1, 0.15) is 28.4 Å². The maximum atomic E-state index is 13.5. The molecule has 234 valence electrons. The number of nitrogens with zero attached hydrogens (tertiary/aromatic N) is 1. The zero-order valence-electron chi connectivity index (χ0n) is 25.6. The molecule has 4 aromatic carbocycles. The van der Waals surface area contributed by atoms with E-state index >= 15 is 0 Å². The Balaban J connectivity index is 1.28. The van der Waals surface area contributed by atoms with Gasteiger partial charge in [-0.05, 0) is 80.1 Å². The van der Waals surface area contributed by atoms with Crippen LogP contribution in [0, 0.1) is 6.92 Å². The van der Waals surface area contributed by atoms with Gasteiger partial charge in [-0.15, -0.1) is 11.8 Å². The first-order valence-corrected chi connectivity index (χ1v) is 16.0. The number of methoxy groups -OCH3 is 2. The van der Waals surface area contributed by atoms with Crippen molar-refractivity contribution in [3.8, 4) is 11.5 Å². The normalized spacial score (nSPS) is 11.9. The van der Waals surface area contributed by atoms with Crippen LogP contribution in [0.25, 0.3) is 16.3 Å². The number of carbonyl (C=O) groups excluding carboxylic acids is 3. The Morgan fingerprint density at radius 3 is 2.37 bits per heavy atom. The number of fused-ring (bicyclic) bond motifs is 1. The first kappa shape index (κ1) is 32.3. The second kappa shape index (κ2) is 14.8. The van der Waals surface area contributed by atoms with Crippen molar-refractivity contribution in [3.05, 3.63) is 113 Å². The average Bonchev–Trinajstić information content (AvgIpc) is 3.46. The molecule has 3 N–H and O–H groups in total. The van der Waals surface area contributed by atoms with E-state index in [4.69, 9.17) is 9.47 Å². The summed E-state index contributed by atoms with van der Waals surface area (Å²) in [6.07, 6.45) is 1.54. The van der Waals surface area contributed by atoms with Crippen LogP contribution in [0.5, 0.6) is 11.5 Å². The van der Waals surface area contributed by atoms with Crippen LogP contribution >= 0.6 is 23.1 Å². The van der Waals surface area contributed by atoms with Gasteiger partial charge in [0.25, 0.3) is 11.8 Å². The molecule has 1 unspecified atom stereocenters. The van der Waals surface area contributed by atoms with Crippen LogP contribution in [0.2, 0.25) is 0 Å². The minimum absolute atomic E-state index is 0.00848. The molecule has 0 aliphatic heterocycles. The SMILES string of the molecule is COc1cccc(/C=C(\NC(=O)c2ccccc2)C(=O)Nc2ccc(SC(C)C(=O)Nc3nc4ccc(C)cc4s3)cc2)c1OC. The van der Waals surface area contributed by atoms with Gasteiger partial charge in [-0.3, -0.25) is 14.4 Å². The van der Waals surface area contributed by atoms with E-state index < -0.39 is 17.1 Å². The highest BCUT2D eigenvalue weighted by molar-refractivity contribution is 8.00. The van der Waals surface area contributed by atoms with Crippen LogP contribution < -0.4 is 25.4 Å². The molecule has 0 aliphatic rings. The number of ether oxygens (including phenoxy) is 2. The van der Waals surface area contributed by atoms with E-state index in [1.807, 2.05) is 44.2 Å². The summed E-state index contributed by atoms with van der Waals surface area (Å²) in [4.78, 5) is 44.8. The Bertz CT molecular complexity index is 1910. The van der Waals surface area contributed by atoms with E-state index in [0.717, 1.165) is 20.7 Å². The highest BCUT2D eigenvalue weighted by atomic mass is 32.2. The predicted molar refractivity (Wildman–Crippen MR) is 185 cm³/mol. The average molecular weight is 653 g/mol. The maximum Gasteiger partial charge on any atom is 0.272 e. The molecule has 0 saturated carbocycles. The Morgan fingerprint density at radius 2 is 1.65 bits per heavy atom. The summed E-state index contributed by atoms with van der Waals surface area (Å²) in [6.45, 7) is 3.85. The molecule has 1 atom stereocenters. The zero-order chi connectivity index (χ0) is 32.6. The summed E-state index contributed by atoms with van der Waals surface area (Å²) in [6, 6.07) is 27.0. The zero-order valence-corrected chi connectivity index (χ0v) is 27.3. The number of hydrogen-bond donors (Lipinski definition) is 3. The van der Waals surface area contributed by atoms with Gasteiger partial charge < -0.3 is 25.4 Å². The lowest BCUT2D eigenvalue weighted by Gasteiger charge is -2.14. The van der Waals surface area contributed by atoms with Gasteiger partial charge in [0.2, 0.25) is 5.91 Å². The molecule has 9 nitrogen and oxygen atoms in total. The predicted octanol–water partition coefficient (Wildman–Crippen LogP) is 7.15. The fraction of sp³-hybridized carbons (Fsp3) is 0.143. The van der Waals surface area contributed by atoms with Crippen molar-refractivity contribution in [3.63, 3.8) is 0 Å². The fourth-order valence-corrected chi connectivity index (χ4v) is 6.32. The molecule has 0 spiro atoms. The minimum atomic E-state index is -0.534. The van der Waals surface area contributed by atoms with E-state index in [1.54, 1.807) is 60.7 Å². The number of thiazole rings is 1. The third kappa shape index (κ3) is 7.92. The van der Waals surface area contributed by atoms with Gasteiger partial charge in [0.05, 0.1) is 29.7 Å². The van der Waals surface area contributed by atoms with Crippen molar-refractivity contribution in [2.45, 2.75) is 24.0 Å². The van der Waals surface area contributed by atoms with E-state index in [9.17, 15) is 14.4 Å². The van der Waals surface area contributed by atoms with E-state index in [1.165, 1.54) is 43.4 Å². The molecule has 0 fully saturated rings. The number of hydrogen-bond acceptors (Lipinski definition) is 8. The molecule has 0 saturated heterocycles. The molecule has 5 rings (SSSR count). The summed E-state index contributed by atoms with van der Waals surface area (Å²) in [7, 11) is 3.03. The van der Waals surface area contributed by atoms with Crippen LogP contribution in [0.15, 0.2) is 102 Å². The molecule has 5 aromatic rings. The van der Waals surface area contributed by atoms with Gasteiger partial charge in [-0.1, -0.05) is 47.7 Å². The number of benzene rings is 4. The molecular weight excluding hydrogens is 621 g/mol. The van der Waals surface area contributed by atoms with Gasteiger partial charge >= 0.3 is 0 Å². The Kier molecular flexibility index (Phi) is 10.4. The van der Waals surface area contributed by atoms with Gasteiger partial charge in [0, 0.05) is 21.7 Å². The van der Waals surface area contributed by atoms with Crippen molar-refractivity contribution in [1.29, 1.82) is 0 Å². The molecular formula is C35H32N4O5S2. The van der Waals surface area contributed by atoms with Crippen LogP contribution in [0.4, 0.5) is 10.8 Å².